The predicted molar refractivity (Wildman–Crippen MR) is 117 cm³/mol. The van der Waals surface area contributed by atoms with Crippen molar-refractivity contribution in [2.24, 2.45) is 0 Å². The van der Waals surface area contributed by atoms with Crippen LogP contribution in [0.3, 0.4) is 0 Å². The topological polar surface area (TPSA) is 73.8 Å². The zero-order chi connectivity index (χ0) is 20.7. The third-order valence-corrected chi connectivity index (χ3v) is 6.85. The van der Waals surface area contributed by atoms with Gasteiger partial charge in [-0.25, -0.2) is 0 Å². The first kappa shape index (κ1) is 19.0. The zero-order valence-electron chi connectivity index (χ0n) is 16.6. The lowest BCUT2D eigenvalue weighted by Crippen LogP contribution is -2.38. The zero-order valence-corrected chi connectivity index (χ0v) is 17.5. The number of hydrogen-bond acceptors (Lipinski definition) is 6. The molecule has 1 amide bonds. The second kappa shape index (κ2) is 7.66. The molecular formula is C23H23N3O3S. The van der Waals surface area contributed by atoms with Gasteiger partial charge >= 0.3 is 0 Å². The Kier molecular flexibility index (Phi) is 4.84. The van der Waals surface area contributed by atoms with Crippen LogP contribution in [0.1, 0.15) is 38.1 Å². The number of phenolic OH excluding ortho intramolecular Hbond substituents is 1. The molecule has 1 atom stereocenters. The van der Waals surface area contributed by atoms with Crippen LogP contribution in [-0.2, 0) is 19.5 Å². The molecule has 7 heteroatoms. The predicted octanol–water partition coefficient (Wildman–Crippen LogP) is 3.87. The van der Waals surface area contributed by atoms with Crippen molar-refractivity contribution in [3.8, 4) is 11.5 Å². The number of phenols is 1. The standard InChI is InChI=1S/C23H23N3O3S/c1-29-18-11-15(7-8-17(18)27)21-24-22(28)20-16-9-10-26(12-14-5-3-2-4-6-14)13-19(16)30-23(20)25-21/h2-8,11,21,25,27H,9-10,12-13H2,1H3,(H,24,28)/t21-/m1/s1. The molecule has 154 valence electrons. The van der Waals surface area contributed by atoms with Crippen molar-refractivity contribution < 1.29 is 14.6 Å². The maximum absolute atomic E-state index is 13.0. The molecule has 3 heterocycles. The van der Waals surface area contributed by atoms with Crippen LogP contribution < -0.4 is 15.4 Å². The normalized spacial score (nSPS) is 18.2. The van der Waals surface area contributed by atoms with E-state index in [9.17, 15) is 9.90 Å². The summed E-state index contributed by atoms with van der Waals surface area (Å²) in [4.78, 5) is 16.6. The SMILES string of the molecule is COc1cc([C@@H]2NC(=O)c3c(sc4c3CCN(Cc3ccccc3)C4)N2)ccc1O. The number of carbonyl (C=O) groups is 1. The molecule has 0 aliphatic carbocycles. The molecule has 2 aliphatic heterocycles. The highest BCUT2D eigenvalue weighted by molar-refractivity contribution is 7.16. The summed E-state index contributed by atoms with van der Waals surface area (Å²) in [5, 5.41) is 17.3. The smallest absolute Gasteiger partial charge is 0.256 e. The number of amides is 1. The lowest BCUT2D eigenvalue weighted by atomic mass is 10.00. The molecule has 0 spiro atoms. The summed E-state index contributed by atoms with van der Waals surface area (Å²) in [6, 6.07) is 15.6. The van der Waals surface area contributed by atoms with E-state index in [-0.39, 0.29) is 17.8 Å². The van der Waals surface area contributed by atoms with E-state index in [4.69, 9.17) is 4.74 Å². The van der Waals surface area contributed by atoms with Crippen LogP contribution in [0.5, 0.6) is 11.5 Å². The molecule has 0 saturated heterocycles. The Labute approximate surface area is 179 Å². The van der Waals surface area contributed by atoms with Gasteiger partial charge in [0, 0.05) is 24.5 Å². The van der Waals surface area contributed by atoms with Gasteiger partial charge in [0.25, 0.3) is 5.91 Å². The number of methoxy groups -OCH3 is 1. The van der Waals surface area contributed by atoms with Crippen LogP contribution in [0.15, 0.2) is 48.5 Å². The molecule has 1 aromatic heterocycles. The van der Waals surface area contributed by atoms with Gasteiger partial charge < -0.3 is 20.5 Å². The van der Waals surface area contributed by atoms with Gasteiger partial charge in [-0.05, 0) is 35.2 Å². The number of benzene rings is 2. The van der Waals surface area contributed by atoms with E-state index < -0.39 is 0 Å². The summed E-state index contributed by atoms with van der Waals surface area (Å²) in [6.07, 6.45) is 0.515. The van der Waals surface area contributed by atoms with Crippen LogP contribution in [0.2, 0.25) is 0 Å². The second-order valence-corrected chi connectivity index (χ2v) is 8.74. The van der Waals surface area contributed by atoms with E-state index in [0.29, 0.717) is 5.75 Å². The van der Waals surface area contributed by atoms with E-state index in [2.05, 4.69) is 39.8 Å². The number of carbonyl (C=O) groups excluding carboxylic acids is 1. The molecule has 0 fully saturated rings. The fourth-order valence-electron chi connectivity index (χ4n) is 4.19. The first-order valence-electron chi connectivity index (χ1n) is 9.97. The number of nitrogens with one attached hydrogen (secondary N) is 2. The lowest BCUT2D eigenvalue weighted by Gasteiger charge is -2.28. The van der Waals surface area contributed by atoms with Gasteiger partial charge in [0.15, 0.2) is 11.5 Å². The minimum atomic E-state index is -0.361. The fourth-order valence-corrected chi connectivity index (χ4v) is 5.50. The monoisotopic (exact) mass is 421 g/mol. The van der Waals surface area contributed by atoms with Gasteiger partial charge in [-0.3, -0.25) is 9.69 Å². The Morgan fingerprint density at radius 1 is 1.20 bits per heavy atom. The van der Waals surface area contributed by atoms with Crippen LogP contribution in [0.25, 0.3) is 0 Å². The first-order chi connectivity index (χ1) is 14.6. The minimum Gasteiger partial charge on any atom is -0.504 e. The van der Waals surface area contributed by atoms with Crippen molar-refractivity contribution in [1.29, 1.82) is 0 Å². The Morgan fingerprint density at radius 3 is 2.83 bits per heavy atom. The number of rotatable bonds is 4. The van der Waals surface area contributed by atoms with Crippen molar-refractivity contribution in [3.05, 3.63) is 75.7 Å². The average Bonchev–Trinajstić information content (AvgIpc) is 3.13. The molecule has 0 saturated carbocycles. The van der Waals surface area contributed by atoms with Gasteiger partial charge in [-0.15, -0.1) is 11.3 Å². The van der Waals surface area contributed by atoms with E-state index in [0.717, 1.165) is 42.2 Å². The van der Waals surface area contributed by atoms with E-state index in [1.165, 1.54) is 23.1 Å². The third kappa shape index (κ3) is 3.40. The van der Waals surface area contributed by atoms with Crippen molar-refractivity contribution >= 4 is 22.2 Å². The highest BCUT2D eigenvalue weighted by atomic mass is 32.1. The van der Waals surface area contributed by atoms with Gasteiger partial charge in [-0.2, -0.15) is 0 Å². The largest absolute Gasteiger partial charge is 0.504 e. The summed E-state index contributed by atoms with van der Waals surface area (Å²) in [7, 11) is 1.51. The Bertz CT molecular complexity index is 1100. The van der Waals surface area contributed by atoms with Crippen molar-refractivity contribution in [2.75, 3.05) is 19.0 Å². The van der Waals surface area contributed by atoms with Crippen molar-refractivity contribution in [3.63, 3.8) is 0 Å². The van der Waals surface area contributed by atoms with Crippen LogP contribution in [0, 0.1) is 0 Å². The molecule has 3 aromatic rings. The number of anilines is 1. The maximum Gasteiger partial charge on any atom is 0.256 e. The van der Waals surface area contributed by atoms with Gasteiger partial charge in [0.05, 0.1) is 12.7 Å². The summed E-state index contributed by atoms with van der Waals surface area (Å²) in [5.41, 5.74) is 4.10. The fraction of sp³-hybridized carbons (Fsp3) is 0.261. The number of thiophene rings is 1. The highest BCUT2D eigenvalue weighted by Gasteiger charge is 2.33. The second-order valence-electron chi connectivity index (χ2n) is 7.64. The van der Waals surface area contributed by atoms with E-state index in [1.807, 2.05) is 6.07 Å². The maximum atomic E-state index is 13.0. The van der Waals surface area contributed by atoms with Crippen molar-refractivity contribution in [2.45, 2.75) is 25.7 Å². The molecule has 0 bridgehead atoms. The quantitative estimate of drug-likeness (QED) is 0.596. The molecular weight excluding hydrogens is 398 g/mol. The van der Waals surface area contributed by atoms with Crippen molar-refractivity contribution in [1.82, 2.24) is 10.2 Å². The lowest BCUT2D eigenvalue weighted by molar-refractivity contribution is 0.0934. The minimum absolute atomic E-state index is 0.0465. The number of nitrogens with zero attached hydrogens (tertiary/aromatic N) is 1. The average molecular weight is 422 g/mol. The van der Waals surface area contributed by atoms with Crippen LogP contribution in [0.4, 0.5) is 5.00 Å². The number of aromatic hydroxyl groups is 1. The summed E-state index contributed by atoms with van der Waals surface area (Å²) in [6.45, 7) is 2.71. The third-order valence-electron chi connectivity index (χ3n) is 5.70. The van der Waals surface area contributed by atoms with E-state index in [1.54, 1.807) is 29.5 Å². The molecule has 6 nitrogen and oxygen atoms in total. The molecule has 0 radical (unpaired) electrons. The number of fused-ring (bicyclic) bond motifs is 3. The molecule has 30 heavy (non-hydrogen) atoms. The number of ether oxygens (including phenoxy) is 1. The molecule has 0 unspecified atom stereocenters. The summed E-state index contributed by atoms with van der Waals surface area (Å²) < 4.78 is 5.21. The molecule has 3 N–H and O–H groups in total. The Balaban J connectivity index is 1.38. The molecule has 2 aliphatic rings. The number of hydrogen-bond donors (Lipinski definition) is 3. The summed E-state index contributed by atoms with van der Waals surface area (Å²) in [5.74, 6) is 0.417. The Hall–Kier alpha value is -3.03. The highest BCUT2D eigenvalue weighted by Crippen LogP contribution is 2.41. The Morgan fingerprint density at radius 2 is 2.03 bits per heavy atom. The van der Waals surface area contributed by atoms with Gasteiger partial charge in [0.2, 0.25) is 0 Å². The first-order valence-corrected chi connectivity index (χ1v) is 10.8. The van der Waals surface area contributed by atoms with Crippen LogP contribution >= 0.6 is 11.3 Å². The van der Waals surface area contributed by atoms with Gasteiger partial charge in [0.1, 0.15) is 11.2 Å². The summed E-state index contributed by atoms with van der Waals surface area (Å²) >= 11 is 1.67. The molecule has 5 rings (SSSR count). The van der Waals surface area contributed by atoms with Gasteiger partial charge in [-0.1, -0.05) is 36.4 Å². The van der Waals surface area contributed by atoms with Crippen LogP contribution in [-0.4, -0.2) is 29.6 Å². The molecule has 2 aromatic carbocycles. The van der Waals surface area contributed by atoms with E-state index >= 15 is 0 Å².